The Morgan fingerprint density at radius 3 is 2.45 bits per heavy atom. The number of rotatable bonds is 6. The highest BCUT2D eigenvalue weighted by atomic mass is 35.5. The summed E-state index contributed by atoms with van der Waals surface area (Å²) in [4.78, 5) is 14.3. The molecule has 0 aliphatic carbocycles. The molecule has 0 saturated carbocycles. The van der Waals surface area contributed by atoms with Crippen LogP contribution in [0.1, 0.15) is 13.8 Å². The molecule has 0 radical (unpaired) electrons. The van der Waals surface area contributed by atoms with E-state index in [1.165, 1.54) is 0 Å². The summed E-state index contributed by atoms with van der Waals surface area (Å²) in [6.07, 6.45) is 0. The van der Waals surface area contributed by atoms with Crippen LogP contribution in [0, 0.1) is 0 Å². The smallest absolute Gasteiger partial charge is 0.328 e. The Hall–Kier alpha value is -1.79. The topological polar surface area (TPSA) is 60.4 Å². The number of hydrogen-bond acceptors (Lipinski definition) is 6. The maximum Gasteiger partial charge on any atom is 0.328 e. The summed E-state index contributed by atoms with van der Waals surface area (Å²) in [6, 6.07) is 5.13. The van der Waals surface area contributed by atoms with Crippen molar-refractivity contribution in [3.05, 3.63) is 28.5 Å². The number of ether oxygens (including phenoxy) is 2. The zero-order valence-corrected chi connectivity index (χ0v) is 14.0. The van der Waals surface area contributed by atoms with E-state index >= 15 is 0 Å². The third-order valence-electron chi connectivity index (χ3n) is 2.96. The molecule has 22 heavy (non-hydrogen) atoms. The number of halogens is 2. The van der Waals surface area contributed by atoms with E-state index < -0.39 is 0 Å². The summed E-state index contributed by atoms with van der Waals surface area (Å²) in [5.74, 6) is 1.45. The van der Waals surface area contributed by atoms with Crippen LogP contribution in [-0.4, -0.2) is 35.2 Å². The quantitative estimate of drug-likeness (QED) is 0.795. The molecule has 2 aromatic rings. The van der Waals surface area contributed by atoms with E-state index in [2.05, 4.69) is 15.0 Å². The highest BCUT2D eigenvalue weighted by Crippen LogP contribution is 2.32. The number of aromatic nitrogens is 3. The van der Waals surface area contributed by atoms with Crippen LogP contribution in [0.3, 0.4) is 0 Å². The van der Waals surface area contributed by atoms with Crippen molar-refractivity contribution < 1.29 is 9.47 Å². The summed E-state index contributed by atoms with van der Waals surface area (Å²) in [7, 11) is 1.56. The van der Waals surface area contributed by atoms with Gasteiger partial charge >= 0.3 is 6.01 Å². The van der Waals surface area contributed by atoms with Crippen molar-refractivity contribution >= 4 is 29.2 Å². The largest absolute Gasteiger partial charge is 0.497 e. The second-order valence-corrected chi connectivity index (χ2v) is 5.00. The number of hydrogen-bond donors (Lipinski definition) is 0. The number of benzene rings is 1. The van der Waals surface area contributed by atoms with Gasteiger partial charge in [0.15, 0.2) is 5.75 Å². The molecule has 0 N–H and O–H groups in total. The zero-order valence-electron chi connectivity index (χ0n) is 12.5. The highest BCUT2D eigenvalue weighted by Gasteiger charge is 2.13. The van der Waals surface area contributed by atoms with Gasteiger partial charge in [0.05, 0.1) is 12.1 Å². The Morgan fingerprint density at radius 2 is 1.82 bits per heavy atom. The molecule has 0 amide bonds. The SMILES string of the molecule is CCN(CC)c1nc(Cl)nc(Oc2cc(OC)ccc2Cl)n1. The van der Waals surface area contributed by atoms with Gasteiger partial charge in [-0.25, -0.2) is 0 Å². The van der Waals surface area contributed by atoms with Crippen molar-refractivity contribution in [1.29, 1.82) is 0 Å². The molecule has 118 valence electrons. The molecule has 1 aromatic heterocycles. The molecule has 1 heterocycles. The lowest BCUT2D eigenvalue weighted by atomic mass is 10.3. The molecule has 0 aliphatic rings. The molecule has 0 bridgehead atoms. The van der Waals surface area contributed by atoms with Gasteiger partial charge in [-0.3, -0.25) is 0 Å². The lowest BCUT2D eigenvalue weighted by molar-refractivity contribution is 0.404. The van der Waals surface area contributed by atoms with Crippen molar-refractivity contribution in [3.8, 4) is 17.5 Å². The van der Waals surface area contributed by atoms with Gasteiger partial charge in [0.2, 0.25) is 11.2 Å². The summed E-state index contributed by atoms with van der Waals surface area (Å²) >= 11 is 12.1. The monoisotopic (exact) mass is 342 g/mol. The maximum atomic E-state index is 6.10. The third kappa shape index (κ3) is 3.90. The molecule has 0 fully saturated rings. The lowest BCUT2D eigenvalue weighted by Gasteiger charge is -2.18. The lowest BCUT2D eigenvalue weighted by Crippen LogP contribution is -2.24. The first-order valence-electron chi connectivity index (χ1n) is 6.75. The predicted octanol–water partition coefficient (Wildman–Crippen LogP) is 3.83. The molecule has 6 nitrogen and oxygen atoms in total. The summed E-state index contributed by atoms with van der Waals surface area (Å²) in [6.45, 7) is 5.49. The van der Waals surface area contributed by atoms with E-state index in [0.717, 1.165) is 13.1 Å². The Bertz CT molecular complexity index is 651. The maximum absolute atomic E-state index is 6.10. The molecule has 8 heteroatoms. The van der Waals surface area contributed by atoms with Crippen LogP contribution in [0.4, 0.5) is 5.95 Å². The number of anilines is 1. The van der Waals surface area contributed by atoms with E-state index in [0.29, 0.717) is 22.5 Å². The fourth-order valence-corrected chi connectivity index (χ4v) is 2.11. The highest BCUT2D eigenvalue weighted by molar-refractivity contribution is 6.32. The van der Waals surface area contributed by atoms with Crippen LogP contribution in [0.5, 0.6) is 17.5 Å². The number of nitrogens with zero attached hydrogens (tertiary/aromatic N) is 4. The van der Waals surface area contributed by atoms with Crippen LogP contribution in [0.15, 0.2) is 18.2 Å². The van der Waals surface area contributed by atoms with E-state index in [1.807, 2.05) is 18.7 Å². The molecular weight excluding hydrogens is 327 g/mol. The minimum atomic E-state index is 0.0610. The number of methoxy groups -OCH3 is 1. The second kappa shape index (κ2) is 7.47. The fourth-order valence-electron chi connectivity index (χ4n) is 1.80. The van der Waals surface area contributed by atoms with E-state index in [-0.39, 0.29) is 11.3 Å². The van der Waals surface area contributed by atoms with Crippen LogP contribution in [0.2, 0.25) is 10.3 Å². The van der Waals surface area contributed by atoms with Gasteiger partial charge < -0.3 is 14.4 Å². The summed E-state index contributed by atoms with van der Waals surface area (Å²) in [5, 5.41) is 0.479. The molecule has 2 rings (SSSR count). The Kier molecular flexibility index (Phi) is 5.63. The molecule has 0 saturated heterocycles. The van der Waals surface area contributed by atoms with Crippen LogP contribution in [0.25, 0.3) is 0 Å². The summed E-state index contributed by atoms with van der Waals surface area (Å²) in [5.41, 5.74) is 0. The third-order valence-corrected chi connectivity index (χ3v) is 3.44. The zero-order chi connectivity index (χ0) is 16.1. The van der Waals surface area contributed by atoms with Gasteiger partial charge in [-0.05, 0) is 37.6 Å². The average Bonchev–Trinajstić information content (AvgIpc) is 2.50. The molecular formula is C14H16Cl2N4O2. The van der Waals surface area contributed by atoms with Gasteiger partial charge in [-0.1, -0.05) is 11.6 Å². The van der Waals surface area contributed by atoms with Gasteiger partial charge in [0, 0.05) is 19.2 Å². The first-order chi connectivity index (χ1) is 10.6. The normalized spacial score (nSPS) is 10.4. The van der Waals surface area contributed by atoms with Gasteiger partial charge in [0.1, 0.15) is 5.75 Å². The Balaban J connectivity index is 2.33. The Morgan fingerprint density at radius 1 is 1.09 bits per heavy atom. The van der Waals surface area contributed by atoms with Gasteiger partial charge in [0.25, 0.3) is 0 Å². The van der Waals surface area contributed by atoms with Crippen molar-refractivity contribution in [1.82, 2.24) is 15.0 Å². The first-order valence-corrected chi connectivity index (χ1v) is 7.50. The van der Waals surface area contributed by atoms with Crippen LogP contribution >= 0.6 is 23.2 Å². The predicted molar refractivity (Wildman–Crippen MR) is 86.5 cm³/mol. The second-order valence-electron chi connectivity index (χ2n) is 4.26. The molecule has 0 atom stereocenters. The minimum absolute atomic E-state index is 0.0610. The summed E-state index contributed by atoms with van der Waals surface area (Å²) < 4.78 is 10.8. The van der Waals surface area contributed by atoms with Gasteiger partial charge in [-0.15, -0.1) is 0 Å². The van der Waals surface area contributed by atoms with E-state index in [9.17, 15) is 0 Å². The van der Waals surface area contributed by atoms with Crippen LogP contribution < -0.4 is 14.4 Å². The van der Waals surface area contributed by atoms with Crippen molar-refractivity contribution in [2.75, 3.05) is 25.1 Å². The molecule has 0 spiro atoms. The van der Waals surface area contributed by atoms with Crippen molar-refractivity contribution in [2.24, 2.45) is 0 Å². The van der Waals surface area contributed by atoms with Gasteiger partial charge in [-0.2, -0.15) is 15.0 Å². The van der Waals surface area contributed by atoms with Crippen LogP contribution in [-0.2, 0) is 0 Å². The van der Waals surface area contributed by atoms with E-state index in [1.54, 1.807) is 25.3 Å². The molecule has 0 aliphatic heterocycles. The average molecular weight is 343 g/mol. The first kappa shape index (κ1) is 16.6. The Labute approximate surface area is 139 Å². The standard InChI is InChI=1S/C14H16Cl2N4O2/c1-4-20(5-2)13-17-12(16)18-14(19-13)22-11-8-9(21-3)6-7-10(11)15/h6-8H,4-5H2,1-3H3. The van der Waals surface area contributed by atoms with Crippen molar-refractivity contribution in [3.63, 3.8) is 0 Å². The van der Waals surface area contributed by atoms with Crippen molar-refractivity contribution in [2.45, 2.75) is 13.8 Å². The van der Waals surface area contributed by atoms with E-state index in [4.69, 9.17) is 32.7 Å². The minimum Gasteiger partial charge on any atom is -0.497 e. The molecule has 0 unspecified atom stereocenters. The molecule has 1 aromatic carbocycles. The fraction of sp³-hybridized carbons (Fsp3) is 0.357.